The van der Waals surface area contributed by atoms with Crippen LogP contribution < -0.4 is 15.0 Å². The third kappa shape index (κ3) is 3.93. The highest BCUT2D eigenvalue weighted by atomic mass is 16.5. The summed E-state index contributed by atoms with van der Waals surface area (Å²) in [5.41, 5.74) is 4.45. The molecule has 2 aromatic carbocycles. The van der Waals surface area contributed by atoms with Gasteiger partial charge in [-0.3, -0.25) is 0 Å². The summed E-state index contributed by atoms with van der Waals surface area (Å²) in [4.78, 5) is 16.9. The lowest BCUT2D eigenvalue weighted by Crippen LogP contribution is -2.50. The highest BCUT2D eigenvalue weighted by Gasteiger charge is 2.23. The highest BCUT2D eigenvalue weighted by Crippen LogP contribution is 2.26. The van der Waals surface area contributed by atoms with Crippen molar-refractivity contribution in [2.24, 2.45) is 0 Å². The second kappa shape index (κ2) is 8.13. The SMILES string of the molecule is CCc1ccccc1N1CCN(C(=O)Nc2cc(C)ccc2OC)CC1. The van der Waals surface area contributed by atoms with Crippen LogP contribution in [0.1, 0.15) is 18.1 Å². The van der Waals surface area contributed by atoms with Crippen LogP contribution in [-0.2, 0) is 6.42 Å². The summed E-state index contributed by atoms with van der Waals surface area (Å²) in [5, 5.41) is 2.99. The van der Waals surface area contributed by atoms with E-state index in [2.05, 4.69) is 41.4 Å². The van der Waals surface area contributed by atoms with Crippen molar-refractivity contribution >= 4 is 17.4 Å². The van der Waals surface area contributed by atoms with E-state index in [1.54, 1.807) is 7.11 Å². The molecule has 26 heavy (non-hydrogen) atoms. The molecule has 1 saturated heterocycles. The Labute approximate surface area is 155 Å². The second-order valence-electron chi connectivity index (χ2n) is 6.59. The Balaban J connectivity index is 1.63. The minimum absolute atomic E-state index is 0.0719. The summed E-state index contributed by atoms with van der Waals surface area (Å²) >= 11 is 0. The number of nitrogens with zero attached hydrogens (tertiary/aromatic N) is 2. The van der Waals surface area contributed by atoms with Crippen molar-refractivity contribution in [3.05, 3.63) is 53.6 Å². The van der Waals surface area contributed by atoms with Gasteiger partial charge in [-0.05, 0) is 42.7 Å². The molecule has 1 N–H and O–H groups in total. The topological polar surface area (TPSA) is 44.8 Å². The fourth-order valence-electron chi connectivity index (χ4n) is 3.38. The van der Waals surface area contributed by atoms with E-state index in [4.69, 9.17) is 4.74 Å². The van der Waals surface area contributed by atoms with Crippen LogP contribution in [0.3, 0.4) is 0 Å². The van der Waals surface area contributed by atoms with E-state index in [9.17, 15) is 4.79 Å². The summed E-state index contributed by atoms with van der Waals surface area (Å²) in [7, 11) is 1.62. The highest BCUT2D eigenvalue weighted by molar-refractivity contribution is 5.91. The number of methoxy groups -OCH3 is 1. The molecule has 2 aromatic rings. The maximum Gasteiger partial charge on any atom is 0.322 e. The number of rotatable bonds is 4. The van der Waals surface area contributed by atoms with Crippen molar-refractivity contribution in [3.63, 3.8) is 0 Å². The van der Waals surface area contributed by atoms with Crippen LogP contribution in [-0.4, -0.2) is 44.2 Å². The molecular formula is C21H27N3O2. The number of carbonyl (C=O) groups is 1. The Morgan fingerprint density at radius 2 is 1.85 bits per heavy atom. The fraction of sp³-hybridized carbons (Fsp3) is 0.381. The van der Waals surface area contributed by atoms with Gasteiger partial charge in [0.25, 0.3) is 0 Å². The number of carbonyl (C=O) groups excluding carboxylic acids is 1. The predicted molar refractivity (Wildman–Crippen MR) is 106 cm³/mol. The molecule has 0 bridgehead atoms. The molecule has 1 aliphatic rings. The van der Waals surface area contributed by atoms with Gasteiger partial charge < -0.3 is 19.9 Å². The number of aryl methyl sites for hydroxylation is 2. The van der Waals surface area contributed by atoms with Crippen LogP contribution in [0.5, 0.6) is 5.75 Å². The summed E-state index contributed by atoms with van der Waals surface area (Å²) in [6, 6.07) is 14.2. The summed E-state index contributed by atoms with van der Waals surface area (Å²) in [6.07, 6.45) is 1.02. The van der Waals surface area contributed by atoms with Gasteiger partial charge in [0.1, 0.15) is 5.75 Å². The largest absolute Gasteiger partial charge is 0.495 e. The van der Waals surface area contributed by atoms with E-state index < -0.39 is 0 Å². The maximum absolute atomic E-state index is 12.7. The maximum atomic E-state index is 12.7. The molecule has 5 heteroatoms. The molecule has 0 unspecified atom stereocenters. The first-order valence-electron chi connectivity index (χ1n) is 9.15. The van der Waals surface area contributed by atoms with Crippen molar-refractivity contribution in [2.75, 3.05) is 43.5 Å². The normalized spacial score (nSPS) is 14.3. The Bertz CT molecular complexity index is 768. The van der Waals surface area contributed by atoms with Gasteiger partial charge in [0, 0.05) is 31.9 Å². The average Bonchev–Trinajstić information content (AvgIpc) is 2.68. The van der Waals surface area contributed by atoms with E-state index in [-0.39, 0.29) is 6.03 Å². The molecular weight excluding hydrogens is 326 g/mol. The number of benzene rings is 2. The zero-order chi connectivity index (χ0) is 18.5. The van der Waals surface area contributed by atoms with Gasteiger partial charge in [0.05, 0.1) is 12.8 Å². The minimum Gasteiger partial charge on any atom is -0.495 e. The molecule has 138 valence electrons. The standard InChI is InChI=1S/C21H27N3O2/c1-4-17-7-5-6-8-19(17)23-11-13-24(14-12-23)21(25)22-18-15-16(2)9-10-20(18)26-3/h5-10,15H,4,11-14H2,1-3H3,(H,22,25). The monoisotopic (exact) mass is 353 g/mol. The van der Waals surface area contributed by atoms with Gasteiger partial charge in [0.15, 0.2) is 0 Å². The van der Waals surface area contributed by atoms with Crippen molar-refractivity contribution in [3.8, 4) is 5.75 Å². The van der Waals surface area contributed by atoms with E-state index in [0.29, 0.717) is 18.8 Å². The molecule has 0 saturated carbocycles. The van der Waals surface area contributed by atoms with Crippen LogP contribution in [0.15, 0.2) is 42.5 Å². The van der Waals surface area contributed by atoms with Gasteiger partial charge in [-0.25, -0.2) is 4.79 Å². The van der Waals surface area contributed by atoms with E-state index in [0.717, 1.165) is 30.8 Å². The Morgan fingerprint density at radius 1 is 1.12 bits per heavy atom. The zero-order valence-electron chi connectivity index (χ0n) is 15.8. The third-order valence-electron chi connectivity index (χ3n) is 4.88. The molecule has 0 radical (unpaired) electrons. The molecule has 0 atom stereocenters. The molecule has 3 rings (SSSR count). The molecule has 0 aromatic heterocycles. The first-order chi connectivity index (χ1) is 12.6. The number of anilines is 2. The van der Waals surface area contributed by atoms with Crippen LogP contribution in [0.25, 0.3) is 0 Å². The lowest BCUT2D eigenvalue weighted by molar-refractivity contribution is 0.208. The van der Waals surface area contributed by atoms with Crippen molar-refractivity contribution in [2.45, 2.75) is 20.3 Å². The lowest BCUT2D eigenvalue weighted by atomic mass is 10.1. The fourth-order valence-corrected chi connectivity index (χ4v) is 3.38. The number of para-hydroxylation sites is 1. The van der Waals surface area contributed by atoms with E-state index in [1.807, 2.05) is 30.0 Å². The number of hydrogen-bond acceptors (Lipinski definition) is 3. The molecule has 1 heterocycles. The molecule has 1 fully saturated rings. The average molecular weight is 353 g/mol. The minimum atomic E-state index is -0.0719. The molecule has 0 aliphatic carbocycles. The number of nitrogens with one attached hydrogen (secondary N) is 1. The summed E-state index contributed by atoms with van der Waals surface area (Å²) < 4.78 is 5.35. The second-order valence-corrected chi connectivity index (χ2v) is 6.59. The Morgan fingerprint density at radius 3 is 2.54 bits per heavy atom. The van der Waals surface area contributed by atoms with Gasteiger partial charge in [-0.15, -0.1) is 0 Å². The van der Waals surface area contributed by atoms with E-state index in [1.165, 1.54) is 11.3 Å². The van der Waals surface area contributed by atoms with Gasteiger partial charge in [0.2, 0.25) is 0 Å². The first-order valence-corrected chi connectivity index (χ1v) is 9.15. The zero-order valence-corrected chi connectivity index (χ0v) is 15.8. The number of amides is 2. The van der Waals surface area contributed by atoms with E-state index >= 15 is 0 Å². The number of urea groups is 1. The number of ether oxygens (including phenoxy) is 1. The third-order valence-corrected chi connectivity index (χ3v) is 4.88. The smallest absolute Gasteiger partial charge is 0.322 e. The van der Waals surface area contributed by atoms with Crippen LogP contribution in [0, 0.1) is 6.92 Å². The molecule has 5 nitrogen and oxygen atoms in total. The van der Waals surface area contributed by atoms with Gasteiger partial charge in [-0.1, -0.05) is 31.2 Å². The lowest BCUT2D eigenvalue weighted by Gasteiger charge is -2.37. The molecule has 1 aliphatic heterocycles. The van der Waals surface area contributed by atoms with Crippen LogP contribution in [0.4, 0.5) is 16.2 Å². The Hall–Kier alpha value is -2.69. The molecule has 0 spiro atoms. The summed E-state index contributed by atoms with van der Waals surface area (Å²) in [5.74, 6) is 0.680. The van der Waals surface area contributed by atoms with Crippen LogP contribution in [0.2, 0.25) is 0 Å². The van der Waals surface area contributed by atoms with Gasteiger partial charge >= 0.3 is 6.03 Å². The van der Waals surface area contributed by atoms with Gasteiger partial charge in [-0.2, -0.15) is 0 Å². The predicted octanol–water partition coefficient (Wildman–Crippen LogP) is 3.92. The van der Waals surface area contributed by atoms with Crippen molar-refractivity contribution in [1.29, 1.82) is 0 Å². The quantitative estimate of drug-likeness (QED) is 0.906. The number of piperazine rings is 1. The molecule has 2 amide bonds. The van der Waals surface area contributed by atoms with Crippen molar-refractivity contribution in [1.82, 2.24) is 4.90 Å². The van der Waals surface area contributed by atoms with Crippen molar-refractivity contribution < 1.29 is 9.53 Å². The number of hydrogen-bond donors (Lipinski definition) is 1. The summed E-state index contributed by atoms with van der Waals surface area (Å²) in [6.45, 7) is 7.28. The Kier molecular flexibility index (Phi) is 5.66. The van der Waals surface area contributed by atoms with Crippen LogP contribution >= 0.6 is 0 Å². The first kappa shape index (κ1) is 18.1.